The summed E-state index contributed by atoms with van der Waals surface area (Å²) in [6.45, 7) is 1.29. The summed E-state index contributed by atoms with van der Waals surface area (Å²) >= 11 is 3.41. The molecule has 1 aliphatic carbocycles. The lowest BCUT2D eigenvalue weighted by Gasteiger charge is -2.35. The maximum absolute atomic E-state index is 14.6. The predicted octanol–water partition coefficient (Wildman–Crippen LogP) is 7.18. The SMILES string of the molecule is Cc1ccc(S(=O)(=O)N(CC(=O)N(Cc2ccc(F)cc2)[C@H](Cc2ccccc2)C(=O)NC2CCCCC2)c2ccc(Br)cc2)cc1. The Morgan fingerprint density at radius 1 is 0.851 bits per heavy atom. The number of nitrogens with one attached hydrogen (secondary N) is 1. The van der Waals surface area contributed by atoms with Crippen molar-refractivity contribution in [2.75, 3.05) is 10.8 Å². The molecule has 246 valence electrons. The molecular formula is C37H39BrFN3O4S. The number of carbonyl (C=O) groups excluding carboxylic acids is 2. The average molecular weight is 721 g/mol. The molecule has 0 radical (unpaired) electrons. The molecule has 2 amide bonds. The predicted molar refractivity (Wildman–Crippen MR) is 186 cm³/mol. The number of anilines is 1. The van der Waals surface area contributed by atoms with Crippen LogP contribution in [-0.2, 0) is 32.6 Å². The molecule has 7 nitrogen and oxygen atoms in total. The van der Waals surface area contributed by atoms with Gasteiger partial charge in [0, 0.05) is 23.5 Å². The van der Waals surface area contributed by atoms with Crippen molar-refractivity contribution in [3.05, 3.63) is 130 Å². The van der Waals surface area contributed by atoms with Crippen LogP contribution in [0.15, 0.2) is 112 Å². The van der Waals surface area contributed by atoms with Crippen LogP contribution in [0.4, 0.5) is 10.1 Å². The van der Waals surface area contributed by atoms with Crippen LogP contribution in [-0.4, -0.2) is 43.8 Å². The third-order valence-corrected chi connectivity index (χ3v) is 10.8. The first-order valence-electron chi connectivity index (χ1n) is 15.8. The molecule has 4 aromatic carbocycles. The van der Waals surface area contributed by atoms with Gasteiger partial charge in [0.05, 0.1) is 10.6 Å². The fraction of sp³-hybridized carbons (Fsp3) is 0.297. The summed E-state index contributed by atoms with van der Waals surface area (Å²) in [4.78, 5) is 30.2. The molecule has 0 saturated heterocycles. The normalized spacial score (nSPS) is 14.3. The standard InChI is InChI=1S/C37H39BrFN3O4S/c1-27-12-22-34(23-13-27)47(45,46)42(33-20-16-30(38)17-21-33)26-36(43)41(25-29-14-18-31(39)19-15-29)35(24-28-8-4-2-5-9-28)37(44)40-32-10-6-3-7-11-32/h2,4-5,8-9,12-23,32,35H,3,6-7,10-11,24-26H2,1H3,(H,40,44)/t35-/m1/s1. The van der Waals surface area contributed by atoms with Crippen LogP contribution in [0.1, 0.15) is 48.8 Å². The van der Waals surface area contributed by atoms with E-state index < -0.39 is 34.3 Å². The number of halogens is 2. The number of carbonyl (C=O) groups is 2. The van der Waals surface area contributed by atoms with E-state index in [4.69, 9.17) is 0 Å². The average Bonchev–Trinajstić information content (AvgIpc) is 3.07. The number of hydrogen-bond donors (Lipinski definition) is 1. The minimum atomic E-state index is -4.20. The van der Waals surface area contributed by atoms with Crippen LogP contribution in [0.5, 0.6) is 0 Å². The first kappa shape index (κ1) is 34.3. The third kappa shape index (κ3) is 9.08. The summed E-state index contributed by atoms with van der Waals surface area (Å²) in [6, 6.07) is 27.4. The Morgan fingerprint density at radius 3 is 2.13 bits per heavy atom. The fourth-order valence-corrected chi connectivity index (χ4v) is 7.54. The molecule has 0 bridgehead atoms. The molecule has 0 aliphatic heterocycles. The van der Waals surface area contributed by atoms with Crippen molar-refractivity contribution in [3.8, 4) is 0 Å². The van der Waals surface area contributed by atoms with Gasteiger partial charge in [0.1, 0.15) is 18.4 Å². The fourth-order valence-electron chi connectivity index (χ4n) is 5.86. The highest BCUT2D eigenvalue weighted by Gasteiger charge is 2.35. The molecule has 5 rings (SSSR count). The number of rotatable bonds is 12. The zero-order valence-electron chi connectivity index (χ0n) is 26.3. The molecule has 1 N–H and O–H groups in total. The molecule has 1 atom stereocenters. The molecule has 1 fully saturated rings. The van der Waals surface area contributed by atoms with Gasteiger partial charge in [-0.05, 0) is 79.4 Å². The van der Waals surface area contributed by atoms with Crippen molar-refractivity contribution >= 4 is 43.5 Å². The zero-order chi connectivity index (χ0) is 33.4. The molecule has 1 aliphatic rings. The van der Waals surface area contributed by atoms with E-state index in [0.29, 0.717) is 11.3 Å². The number of sulfonamides is 1. The van der Waals surface area contributed by atoms with E-state index in [9.17, 15) is 22.4 Å². The van der Waals surface area contributed by atoms with Crippen molar-refractivity contribution in [1.29, 1.82) is 0 Å². The third-order valence-electron chi connectivity index (χ3n) is 8.49. The van der Waals surface area contributed by atoms with Gasteiger partial charge in [0.15, 0.2) is 0 Å². The van der Waals surface area contributed by atoms with Crippen molar-refractivity contribution in [2.45, 2.75) is 69.0 Å². The lowest BCUT2D eigenvalue weighted by molar-refractivity contribution is -0.140. The van der Waals surface area contributed by atoms with Gasteiger partial charge in [-0.15, -0.1) is 0 Å². The number of hydrogen-bond acceptors (Lipinski definition) is 4. The second kappa shape index (κ2) is 15.7. The number of amides is 2. The maximum atomic E-state index is 14.6. The Hall–Kier alpha value is -4.02. The largest absolute Gasteiger partial charge is 0.352 e. The van der Waals surface area contributed by atoms with Gasteiger partial charge in [0.2, 0.25) is 11.8 Å². The van der Waals surface area contributed by atoms with Crippen LogP contribution >= 0.6 is 15.9 Å². The molecule has 0 heterocycles. The maximum Gasteiger partial charge on any atom is 0.264 e. The summed E-state index contributed by atoms with van der Waals surface area (Å²) in [5.41, 5.74) is 2.66. The van der Waals surface area contributed by atoms with Crippen LogP contribution in [0.2, 0.25) is 0 Å². The van der Waals surface area contributed by atoms with E-state index in [1.165, 1.54) is 29.2 Å². The number of benzene rings is 4. The molecule has 47 heavy (non-hydrogen) atoms. The summed E-state index contributed by atoms with van der Waals surface area (Å²) < 4.78 is 44.1. The van der Waals surface area contributed by atoms with E-state index in [0.717, 1.165) is 52.0 Å². The smallest absolute Gasteiger partial charge is 0.264 e. The van der Waals surface area contributed by atoms with Crippen LogP contribution in [0, 0.1) is 12.7 Å². The van der Waals surface area contributed by atoms with E-state index in [1.54, 1.807) is 48.5 Å². The summed E-state index contributed by atoms with van der Waals surface area (Å²) in [7, 11) is -4.20. The Kier molecular flexibility index (Phi) is 11.5. The van der Waals surface area contributed by atoms with Crippen molar-refractivity contribution in [1.82, 2.24) is 10.2 Å². The Balaban J connectivity index is 1.55. The monoisotopic (exact) mass is 719 g/mol. The quantitative estimate of drug-likeness (QED) is 0.168. The van der Waals surface area contributed by atoms with Crippen LogP contribution < -0.4 is 9.62 Å². The Labute approximate surface area is 285 Å². The van der Waals surface area contributed by atoms with E-state index in [-0.39, 0.29) is 29.8 Å². The second-order valence-electron chi connectivity index (χ2n) is 12.0. The molecule has 0 aromatic heterocycles. The van der Waals surface area contributed by atoms with Gasteiger partial charge in [-0.1, -0.05) is 95.4 Å². The Morgan fingerprint density at radius 2 is 1.49 bits per heavy atom. The zero-order valence-corrected chi connectivity index (χ0v) is 28.7. The van der Waals surface area contributed by atoms with E-state index in [2.05, 4.69) is 21.2 Å². The summed E-state index contributed by atoms with van der Waals surface area (Å²) in [6.07, 6.45) is 5.10. The number of aryl methyl sites for hydroxylation is 1. The van der Waals surface area contributed by atoms with Gasteiger partial charge >= 0.3 is 0 Å². The summed E-state index contributed by atoms with van der Waals surface area (Å²) in [5.74, 6) is -1.28. The second-order valence-corrected chi connectivity index (χ2v) is 14.8. The molecule has 10 heteroatoms. The van der Waals surface area contributed by atoms with Crippen molar-refractivity contribution < 1.29 is 22.4 Å². The highest BCUT2D eigenvalue weighted by molar-refractivity contribution is 9.10. The molecule has 0 spiro atoms. The molecule has 0 unspecified atom stereocenters. The van der Waals surface area contributed by atoms with Crippen LogP contribution in [0.3, 0.4) is 0 Å². The highest BCUT2D eigenvalue weighted by Crippen LogP contribution is 2.27. The molecular weight excluding hydrogens is 681 g/mol. The van der Waals surface area contributed by atoms with E-state index in [1.807, 2.05) is 37.3 Å². The van der Waals surface area contributed by atoms with Gasteiger partial charge < -0.3 is 10.2 Å². The lowest BCUT2D eigenvalue weighted by Crippen LogP contribution is -2.55. The number of nitrogens with zero attached hydrogens (tertiary/aromatic N) is 2. The van der Waals surface area contributed by atoms with E-state index >= 15 is 0 Å². The lowest BCUT2D eigenvalue weighted by atomic mass is 9.94. The minimum absolute atomic E-state index is 0.00141. The highest BCUT2D eigenvalue weighted by atomic mass is 79.9. The van der Waals surface area contributed by atoms with Gasteiger partial charge in [-0.3, -0.25) is 13.9 Å². The van der Waals surface area contributed by atoms with Gasteiger partial charge in [-0.2, -0.15) is 0 Å². The van der Waals surface area contributed by atoms with Gasteiger partial charge in [0.25, 0.3) is 10.0 Å². The topological polar surface area (TPSA) is 86.8 Å². The summed E-state index contributed by atoms with van der Waals surface area (Å²) in [5, 5.41) is 3.19. The van der Waals surface area contributed by atoms with Crippen LogP contribution in [0.25, 0.3) is 0 Å². The van der Waals surface area contributed by atoms with Gasteiger partial charge in [-0.25, -0.2) is 12.8 Å². The Bertz CT molecular complexity index is 1750. The van der Waals surface area contributed by atoms with Crippen molar-refractivity contribution in [2.24, 2.45) is 0 Å². The first-order valence-corrected chi connectivity index (χ1v) is 18.1. The molecule has 4 aromatic rings. The minimum Gasteiger partial charge on any atom is -0.352 e. The van der Waals surface area contributed by atoms with Crippen molar-refractivity contribution in [3.63, 3.8) is 0 Å². The first-order chi connectivity index (χ1) is 22.6. The molecule has 1 saturated carbocycles.